The highest BCUT2D eigenvalue weighted by atomic mass is 32.2. The second-order valence-corrected chi connectivity index (χ2v) is 10.2. The van der Waals surface area contributed by atoms with Gasteiger partial charge in [0.1, 0.15) is 11.6 Å². The van der Waals surface area contributed by atoms with Gasteiger partial charge < -0.3 is 9.88 Å². The van der Waals surface area contributed by atoms with E-state index in [1.54, 1.807) is 18.2 Å². The first-order valence-electron chi connectivity index (χ1n) is 10.2. The summed E-state index contributed by atoms with van der Waals surface area (Å²) in [7, 11) is 0.887. The highest BCUT2D eigenvalue weighted by molar-refractivity contribution is 7.90. The van der Waals surface area contributed by atoms with Crippen LogP contribution in [0.25, 0.3) is 11.0 Å². The van der Waals surface area contributed by atoms with Crippen LogP contribution in [0.5, 0.6) is 0 Å². The number of benzene rings is 2. The van der Waals surface area contributed by atoms with Crippen LogP contribution in [0.15, 0.2) is 36.4 Å². The Morgan fingerprint density at radius 3 is 2.56 bits per heavy atom. The van der Waals surface area contributed by atoms with E-state index in [0.29, 0.717) is 28.9 Å². The first kappa shape index (κ1) is 23.7. The van der Waals surface area contributed by atoms with Gasteiger partial charge >= 0.3 is 10.2 Å². The van der Waals surface area contributed by atoms with E-state index in [2.05, 4.69) is 28.9 Å². The lowest BCUT2D eigenvalue weighted by Gasteiger charge is -2.15. The van der Waals surface area contributed by atoms with Crippen molar-refractivity contribution in [3.63, 3.8) is 0 Å². The summed E-state index contributed by atoms with van der Waals surface area (Å²) >= 11 is 0. The average molecular weight is 462 g/mol. The van der Waals surface area contributed by atoms with Gasteiger partial charge in [-0.2, -0.15) is 12.7 Å². The lowest BCUT2D eigenvalue weighted by Crippen LogP contribution is -2.29. The third-order valence-electron chi connectivity index (χ3n) is 4.97. The van der Waals surface area contributed by atoms with Crippen LogP contribution in [0.1, 0.15) is 35.6 Å². The molecule has 172 valence electrons. The molecule has 3 rings (SSSR count). The second kappa shape index (κ2) is 9.25. The number of carbonyl (C=O) groups excluding carboxylic acids is 1. The molecule has 2 N–H and O–H groups in total. The summed E-state index contributed by atoms with van der Waals surface area (Å²) in [6.07, 6.45) is 0.703. The number of hydrogen-bond acceptors (Lipinski definition) is 4. The van der Waals surface area contributed by atoms with Crippen LogP contribution in [0.3, 0.4) is 0 Å². The molecule has 0 aliphatic carbocycles. The smallest absolute Gasteiger partial charge is 0.301 e. The molecule has 0 saturated heterocycles. The van der Waals surface area contributed by atoms with Crippen LogP contribution >= 0.6 is 0 Å². The Morgan fingerprint density at radius 1 is 1.22 bits per heavy atom. The van der Waals surface area contributed by atoms with Crippen molar-refractivity contribution < 1.29 is 17.6 Å². The molecule has 1 amide bonds. The Morgan fingerprint density at radius 2 is 1.94 bits per heavy atom. The number of hydrogen-bond donors (Lipinski definition) is 2. The van der Waals surface area contributed by atoms with E-state index < -0.39 is 16.1 Å². The lowest BCUT2D eigenvalue weighted by atomic mass is 10.1. The van der Waals surface area contributed by atoms with Gasteiger partial charge in [-0.05, 0) is 35.7 Å². The largest absolute Gasteiger partial charge is 0.348 e. The Balaban J connectivity index is 2.04. The topological polar surface area (TPSA) is 96.3 Å². The van der Waals surface area contributed by atoms with Gasteiger partial charge in [0.25, 0.3) is 5.91 Å². The summed E-state index contributed by atoms with van der Waals surface area (Å²) < 4.78 is 43.5. The molecule has 10 heteroatoms. The number of imidazole rings is 1. The number of amides is 1. The van der Waals surface area contributed by atoms with Crippen molar-refractivity contribution in [2.75, 3.05) is 18.8 Å². The van der Waals surface area contributed by atoms with E-state index in [1.165, 1.54) is 32.3 Å². The fraction of sp³-hybridized carbons (Fsp3) is 0.364. The maximum atomic E-state index is 13.5. The highest BCUT2D eigenvalue weighted by Crippen LogP contribution is 2.26. The number of nitrogens with zero attached hydrogens (tertiary/aromatic N) is 3. The van der Waals surface area contributed by atoms with Gasteiger partial charge in [-0.3, -0.25) is 9.52 Å². The lowest BCUT2D eigenvalue weighted by molar-refractivity contribution is 0.0952. The molecule has 0 saturated carbocycles. The molecule has 0 atom stereocenters. The summed E-state index contributed by atoms with van der Waals surface area (Å²) in [5, 5.41) is 2.79. The van der Waals surface area contributed by atoms with Crippen LogP contribution in [0.4, 0.5) is 10.1 Å². The van der Waals surface area contributed by atoms with Gasteiger partial charge in [-0.25, -0.2) is 9.37 Å². The molecule has 1 heterocycles. The van der Waals surface area contributed by atoms with E-state index in [4.69, 9.17) is 0 Å². The zero-order chi connectivity index (χ0) is 23.6. The number of nitrogens with one attached hydrogen (secondary N) is 2. The zero-order valence-corrected chi connectivity index (χ0v) is 19.6. The van der Waals surface area contributed by atoms with Crippen molar-refractivity contribution >= 4 is 32.8 Å². The van der Waals surface area contributed by atoms with E-state index >= 15 is 0 Å². The van der Waals surface area contributed by atoms with E-state index in [0.717, 1.165) is 10.1 Å². The molecule has 0 spiro atoms. The third kappa shape index (κ3) is 5.25. The zero-order valence-electron chi connectivity index (χ0n) is 18.8. The summed E-state index contributed by atoms with van der Waals surface area (Å²) in [6.45, 7) is 4.27. The molecule has 0 aliphatic rings. The van der Waals surface area contributed by atoms with Crippen LogP contribution in [0.2, 0.25) is 0 Å². The number of carbonyl (C=O) groups is 1. The second-order valence-electron chi connectivity index (χ2n) is 8.28. The molecule has 0 unspecified atom stereocenters. The Labute approximate surface area is 187 Å². The summed E-state index contributed by atoms with van der Waals surface area (Å²) in [5.74, 6) is 0.345. The predicted molar refractivity (Wildman–Crippen MR) is 123 cm³/mol. The fourth-order valence-electron chi connectivity index (χ4n) is 3.34. The first-order valence-corrected chi connectivity index (χ1v) is 11.6. The number of aryl methyl sites for hydroxylation is 1. The summed E-state index contributed by atoms with van der Waals surface area (Å²) in [5.41, 5.74) is 2.24. The van der Waals surface area contributed by atoms with Gasteiger partial charge in [0.05, 0.1) is 22.3 Å². The Kier molecular flexibility index (Phi) is 6.85. The van der Waals surface area contributed by atoms with Gasteiger partial charge in [0, 0.05) is 34.1 Å². The van der Waals surface area contributed by atoms with Crippen molar-refractivity contribution in [1.82, 2.24) is 19.2 Å². The normalized spacial score (nSPS) is 12.0. The molecule has 2 aromatic carbocycles. The van der Waals surface area contributed by atoms with Crippen molar-refractivity contribution in [2.45, 2.75) is 26.8 Å². The molecule has 0 radical (unpaired) electrons. The SMILES string of the molecule is CC(C)Cc1nc2cc(NS(=O)(=O)N(C)C)cc(C(=O)NCc3cccc(F)c3)c2n1C. The monoisotopic (exact) mass is 461 g/mol. The van der Waals surface area contributed by atoms with E-state index in [9.17, 15) is 17.6 Å². The first-order chi connectivity index (χ1) is 15.0. The maximum absolute atomic E-state index is 13.5. The van der Waals surface area contributed by atoms with Crippen LogP contribution in [-0.4, -0.2) is 42.3 Å². The summed E-state index contributed by atoms with van der Waals surface area (Å²) in [4.78, 5) is 17.8. The van der Waals surface area contributed by atoms with Crippen molar-refractivity contribution in [3.05, 3.63) is 59.2 Å². The van der Waals surface area contributed by atoms with Crippen LogP contribution < -0.4 is 10.0 Å². The highest BCUT2D eigenvalue weighted by Gasteiger charge is 2.21. The summed E-state index contributed by atoms with van der Waals surface area (Å²) in [6, 6.07) is 9.08. The number of halogens is 1. The van der Waals surface area contributed by atoms with Gasteiger partial charge in [-0.15, -0.1) is 0 Å². The molecule has 3 aromatic rings. The molecule has 0 bridgehead atoms. The molecular weight excluding hydrogens is 433 g/mol. The molecule has 1 aromatic heterocycles. The number of fused-ring (bicyclic) bond motifs is 1. The third-order valence-corrected chi connectivity index (χ3v) is 6.42. The quantitative estimate of drug-likeness (QED) is 0.539. The number of anilines is 1. The van der Waals surface area contributed by atoms with E-state index in [1.807, 2.05) is 11.6 Å². The predicted octanol–water partition coefficient (Wildman–Crippen LogP) is 3.06. The fourth-order valence-corrected chi connectivity index (χ4v) is 3.94. The van der Waals surface area contributed by atoms with Gasteiger partial charge in [0.15, 0.2) is 0 Å². The molecule has 8 nitrogen and oxygen atoms in total. The van der Waals surface area contributed by atoms with E-state index in [-0.39, 0.29) is 23.6 Å². The number of rotatable bonds is 8. The standard InChI is InChI=1S/C22H28FN5O3S/c1-14(2)9-20-25-19-12-17(26-32(30,31)27(3)4)11-18(21(19)28(20)5)22(29)24-13-15-7-6-8-16(23)10-15/h6-8,10-12,14,26H,9,13H2,1-5H3,(H,24,29). The van der Waals surface area contributed by atoms with Gasteiger partial charge in [0.2, 0.25) is 0 Å². The Hall–Kier alpha value is -2.98. The Bertz CT molecular complexity index is 1250. The van der Waals surface area contributed by atoms with Crippen molar-refractivity contribution in [2.24, 2.45) is 13.0 Å². The van der Waals surface area contributed by atoms with Crippen LogP contribution in [0, 0.1) is 11.7 Å². The van der Waals surface area contributed by atoms with Crippen molar-refractivity contribution in [1.29, 1.82) is 0 Å². The van der Waals surface area contributed by atoms with Crippen LogP contribution in [-0.2, 0) is 30.2 Å². The minimum Gasteiger partial charge on any atom is -0.348 e. The average Bonchev–Trinajstić information content (AvgIpc) is 2.99. The molecule has 0 fully saturated rings. The minimum absolute atomic E-state index is 0.127. The molecule has 0 aliphatic heterocycles. The number of aromatic nitrogens is 2. The maximum Gasteiger partial charge on any atom is 0.301 e. The van der Waals surface area contributed by atoms with Crippen molar-refractivity contribution in [3.8, 4) is 0 Å². The van der Waals surface area contributed by atoms with Gasteiger partial charge in [-0.1, -0.05) is 26.0 Å². The molecular formula is C22H28FN5O3S. The minimum atomic E-state index is -3.77. The molecule has 32 heavy (non-hydrogen) atoms.